The number of anilines is 1. The van der Waals surface area contributed by atoms with Crippen LogP contribution in [-0.4, -0.2) is 22.5 Å². The summed E-state index contributed by atoms with van der Waals surface area (Å²) < 4.78 is 10.3. The molecule has 0 spiro atoms. The fourth-order valence-corrected chi connectivity index (χ4v) is 2.73. The van der Waals surface area contributed by atoms with Crippen LogP contribution in [0.4, 0.5) is 10.2 Å². The molecule has 0 fully saturated rings. The zero-order valence-corrected chi connectivity index (χ0v) is 16.3. The molecule has 5 heteroatoms. The third-order valence-electron chi connectivity index (χ3n) is 3.63. The number of alkyl halides is 2. The molecule has 0 bridgehead atoms. The summed E-state index contributed by atoms with van der Waals surface area (Å²) in [5.41, 5.74) is 10.4. The number of benzene rings is 1. The zero-order chi connectivity index (χ0) is 18.1. The maximum Gasteiger partial charge on any atom is 0.124 e. The quantitative estimate of drug-likeness (QED) is 0.454. The smallest absolute Gasteiger partial charge is 0.124 e. The molecule has 2 N–H and O–H groups in total. The van der Waals surface area contributed by atoms with Gasteiger partial charge in [-0.3, -0.25) is 9.37 Å². The second kappa shape index (κ2) is 10.2. The SMILES string of the molecule is CBr.CCCc1c(C)c2cccnc2c2nc(N)ccc12.CCF. The Labute approximate surface area is 151 Å². The van der Waals surface area contributed by atoms with Crippen molar-refractivity contribution in [2.24, 2.45) is 0 Å². The van der Waals surface area contributed by atoms with Gasteiger partial charge in [-0.15, -0.1) is 0 Å². The van der Waals surface area contributed by atoms with Gasteiger partial charge >= 0.3 is 0 Å². The van der Waals surface area contributed by atoms with Crippen LogP contribution in [0, 0.1) is 6.92 Å². The van der Waals surface area contributed by atoms with E-state index >= 15 is 0 Å². The van der Waals surface area contributed by atoms with Gasteiger partial charge in [0.25, 0.3) is 0 Å². The van der Waals surface area contributed by atoms with E-state index in [1.165, 1.54) is 28.8 Å². The molecule has 0 amide bonds. The van der Waals surface area contributed by atoms with E-state index in [1.54, 1.807) is 0 Å². The molecular formula is C19H25BrFN3. The number of nitrogen functional groups attached to an aromatic ring is 1. The van der Waals surface area contributed by atoms with Crippen LogP contribution in [-0.2, 0) is 6.42 Å². The summed E-state index contributed by atoms with van der Waals surface area (Å²) >= 11 is 2.94. The second-order valence-electron chi connectivity index (χ2n) is 5.15. The van der Waals surface area contributed by atoms with Crippen LogP contribution in [0.15, 0.2) is 30.5 Å². The Bertz CT molecular complexity index is 790. The Morgan fingerprint density at radius 2 is 1.75 bits per heavy atom. The molecule has 2 heterocycles. The number of pyridine rings is 2. The molecule has 130 valence electrons. The van der Waals surface area contributed by atoms with Gasteiger partial charge in [0.1, 0.15) is 5.82 Å². The number of nitrogens with two attached hydrogens (primary N) is 1. The van der Waals surface area contributed by atoms with Crippen LogP contribution >= 0.6 is 15.9 Å². The number of hydrogen-bond acceptors (Lipinski definition) is 3. The maximum absolute atomic E-state index is 10.3. The third-order valence-corrected chi connectivity index (χ3v) is 3.63. The summed E-state index contributed by atoms with van der Waals surface area (Å²) in [6, 6.07) is 8.03. The Hall–Kier alpha value is -1.75. The molecule has 24 heavy (non-hydrogen) atoms. The topological polar surface area (TPSA) is 51.8 Å². The molecule has 0 aliphatic heterocycles. The minimum Gasteiger partial charge on any atom is -0.384 e. The first-order valence-corrected chi connectivity index (χ1v) is 9.58. The van der Waals surface area contributed by atoms with Crippen LogP contribution in [0.3, 0.4) is 0 Å². The van der Waals surface area contributed by atoms with Crippen LogP contribution in [0.1, 0.15) is 31.4 Å². The molecule has 3 rings (SSSR count). The van der Waals surface area contributed by atoms with Gasteiger partial charge in [0.15, 0.2) is 0 Å². The van der Waals surface area contributed by atoms with Gasteiger partial charge in [-0.25, -0.2) is 4.98 Å². The highest BCUT2D eigenvalue weighted by Gasteiger charge is 2.12. The molecular weight excluding hydrogens is 369 g/mol. The lowest BCUT2D eigenvalue weighted by Crippen LogP contribution is -1.98. The maximum atomic E-state index is 10.3. The highest BCUT2D eigenvalue weighted by Crippen LogP contribution is 2.31. The van der Waals surface area contributed by atoms with Gasteiger partial charge in [0.05, 0.1) is 17.7 Å². The van der Waals surface area contributed by atoms with Crippen molar-refractivity contribution >= 4 is 43.6 Å². The van der Waals surface area contributed by atoms with Crippen LogP contribution in [0.2, 0.25) is 0 Å². The van der Waals surface area contributed by atoms with E-state index in [0.29, 0.717) is 5.82 Å². The number of fused-ring (bicyclic) bond motifs is 3. The molecule has 0 saturated heterocycles. The van der Waals surface area contributed by atoms with Crippen LogP contribution in [0.5, 0.6) is 0 Å². The van der Waals surface area contributed by atoms with E-state index in [-0.39, 0.29) is 6.67 Å². The van der Waals surface area contributed by atoms with Gasteiger partial charge in [0, 0.05) is 17.0 Å². The third kappa shape index (κ3) is 4.41. The van der Waals surface area contributed by atoms with Crippen LogP contribution in [0.25, 0.3) is 21.8 Å². The summed E-state index contributed by atoms with van der Waals surface area (Å²) in [5, 5.41) is 2.36. The van der Waals surface area contributed by atoms with Crippen molar-refractivity contribution < 1.29 is 4.39 Å². The zero-order valence-electron chi connectivity index (χ0n) is 14.7. The molecule has 2 aromatic heterocycles. The Balaban J connectivity index is 0.000000521. The first-order chi connectivity index (χ1) is 11.6. The van der Waals surface area contributed by atoms with E-state index in [9.17, 15) is 4.39 Å². The molecule has 3 nitrogen and oxygen atoms in total. The summed E-state index contributed by atoms with van der Waals surface area (Å²) in [5.74, 6) is 2.36. The predicted octanol–water partition coefficient (Wildman–Crippen LogP) is 5.61. The molecule has 3 aromatic rings. The van der Waals surface area contributed by atoms with Crippen molar-refractivity contribution in [3.8, 4) is 0 Å². The molecule has 0 unspecified atom stereocenters. The van der Waals surface area contributed by atoms with Crippen molar-refractivity contribution in [2.45, 2.75) is 33.6 Å². The number of halogens is 2. The summed E-state index contributed by atoms with van der Waals surface area (Å²) in [6.07, 6.45) is 3.98. The highest BCUT2D eigenvalue weighted by molar-refractivity contribution is 9.08. The number of hydrogen-bond donors (Lipinski definition) is 1. The minimum atomic E-state index is -0.250. The Morgan fingerprint density at radius 3 is 2.38 bits per heavy atom. The minimum absolute atomic E-state index is 0.250. The van der Waals surface area contributed by atoms with Crippen molar-refractivity contribution in [3.63, 3.8) is 0 Å². The lowest BCUT2D eigenvalue weighted by atomic mass is 9.94. The monoisotopic (exact) mass is 393 g/mol. The van der Waals surface area contributed by atoms with Gasteiger partial charge in [-0.05, 0) is 55.4 Å². The molecule has 0 atom stereocenters. The number of nitrogens with zero attached hydrogens (tertiary/aromatic N) is 2. The van der Waals surface area contributed by atoms with E-state index in [1.807, 2.05) is 24.2 Å². The number of aryl methyl sites for hydroxylation is 2. The van der Waals surface area contributed by atoms with E-state index in [0.717, 1.165) is 23.9 Å². The fraction of sp³-hybridized carbons (Fsp3) is 0.368. The van der Waals surface area contributed by atoms with Gasteiger partial charge in [-0.2, -0.15) is 0 Å². The molecule has 1 aromatic carbocycles. The van der Waals surface area contributed by atoms with E-state index in [2.05, 4.69) is 51.9 Å². The Kier molecular flexibility index (Phi) is 8.61. The molecule has 0 aliphatic carbocycles. The first-order valence-electron chi connectivity index (χ1n) is 8.00. The standard InChI is InChI=1S/C16H17N3.C2H5F.CH3Br/c1-3-5-11-10(2)12-6-4-9-18-15(12)16-13(11)7-8-14(17)19-16;1-2-3;1-2/h4,6-9H,3,5H2,1-2H3,(H2,17,19);2H2,1H3;1H3. The van der Waals surface area contributed by atoms with Crippen molar-refractivity contribution in [3.05, 3.63) is 41.6 Å². The number of aromatic nitrogens is 2. The predicted molar refractivity (Wildman–Crippen MR) is 107 cm³/mol. The summed E-state index contributed by atoms with van der Waals surface area (Å²) in [4.78, 5) is 9.00. The summed E-state index contributed by atoms with van der Waals surface area (Å²) in [6.45, 7) is 5.58. The van der Waals surface area contributed by atoms with Crippen molar-refractivity contribution in [1.29, 1.82) is 0 Å². The van der Waals surface area contributed by atoms with Gasteiger partial charge in [0.2, 0.25) is 0 Å². The highest BCUT2D eigenvalue weighted by atomic mass is 79.9. The average Bonchev–Trinajstić information content (AvgIpc) is 2.61. The van der Waals surface area contributed by atoms with Gasteiger partial charge < -0.3 is 5.73 Å². The van der Waals surface area contributed by atoms with Crippen molar-refractivity contribution in [2.75, 3.05) is 18.2 Å². The van der Waals surface area contributed by atoms with Crippen molar-refractivity contribution in [1.82, 2.24) is 9.97 Å². The normalized spacial score (nSPS) is 9.92. The second-order valence-corrected chi connectivity index (χ2v) is 5.15. The molecule has 0 saturated carbocycles. The van der Waals surface area contributed by atoms with Gasteiger partial charge in [-0.1, -0.05) is 35.3 Å². The Morgan fingerprint density at radius 1 is 1.08 bits per heavy atom. The molecule has 0 aliphatic rings. The average molecular weight is 394 g/mol. The van der Waals surface area contributed by atoms with E-state index < -0.39 is 0 Å². The lowest BCUT2D eigenvalue weighted by molar-refractivity contribution is 0.527. The number of rotatable bonds is 2. The van der Waals surface area contributed by atoms with Crippen LogP contribution < -0.4 is 5.73 Å². The summed E-state index contributed by atoms with van der Waals surface area (Å²) in [7, 11) is 0. The van der Waals surface area contributed by atoms with E-state index in [4.69, 9.17) is 5.73 Å². The first kappa shape index (κ1) is 20.3. The largest absolute Gasteiger partial charge is 0.384 e. The fourth-order valence-electron chi connectivity index (χ4n) is 2.73. The lowest BCUT2D eigenvalue weighted by Gasteiger charge is -2.13. The molecule has 0 radical (unpaired) electrons.